The van der Waals surface area contributed by atoms with E-state index in [0.717, 1.165) is 5.12 Å². The summed E-state index contributed by atoms with van der Waals surface area (Å²) in [5.41, 5.74) is 9.93. The second kappa shape index (κ2) is 4.34. The predicted octanol–water partition coefficient (Wildman–Crippen LogP) is -2.48. The highest BCUT2D eigenvalue weighted by atomic mass is 16.5. The van der Waals surface area contributed by atoms with Crippen molar-refractivity contribution in [2.24, 2.45) is 22.4 Å². The van der Waals surface area contributed by atoms with Gasteiger partial charge in [0.25, 0.3) is 0 Å². The van der Waals surface area contributed by atoms with Crippen molar-refractivity contribution in [3.05, 3.63) is 0 Å². The molecule has 7 nitrogen and oxygen atoms in total. The molecule has 7 heteroatoms. The molecule has 0 bridgehead atoms. The Morgan fingerprint density at radius 3 is 2.55 bits per heavy atom. The Morgan fingerprint density at radius 2 is 2.18 bits per heavy atom. The van der Waals surface area contributed by atoms with Crippen LogP contribution in [0.15, 0.2) is 5.10 Å². The van der Waals surface area contributed by atoms with Crippen LogP contribution in [0.25, 0.3) is 0 Å². The highest BCUT2D eigenvalue weighted by molar-refractivity contribution is 5.76. The van der Waals surface area contributed by atoms with Gasteiger partial charge in [-0.05, 0) is 0 Å². The number of hydrazine groups is 1. The third kappa shape index (κ3) is 4.97. The summed E-state index contributed by atoms with van der Waals surface area (Å²) in [6.07, 6.45) is 0. The molecule has 0 saturated heterocycles. The van der Waals surface area contributed by atoms with Crippen LogP contribution in [-0.2, 0) is 9.53 Å². The molecule has 0 aromatic heterocycles. The van der Waals surface area contributed by atoms with Gasteiger partial charge in [-0.3, -0.25) is 4.79 Å². The first-order valence-electron chi connectivity index (χ1n) is 2.75. The zero-order valence-electron chi connectivity index (χ0n) is 6.15. The number of esters is 1. The molecule has 64 valence electrons. The topological polar surface area (TPSA) is 120 Å². The minimum Gasteiger partial charge on any atom is -0.468 e. The average molecular weight is 161 g/mol. The fourth-order valence-electron chi connectivity index (χ4n) is 0.380. The molecule has 0 aliphatic rings. The molecule has 0 aromatic carbocycles. The normalized spacial score (nSPS) is 8.55. The van der Waals surface area contributed by atoms with E-state index in [-0.39, 0.29) is 12.5 Å². The van der Waals surface area contributed by atoms with E-state index < -0.39 is 5.97 Å². The largest absolute Gasteiger partial charge is 0.468 e. The van der Waals surface area contributed by atoms with E-state index in [1.54, 1.807) is 0 Å². The third-order valence-corrected chi connectivity index (χ3v) is 0.763. The van der Waals surface area contributed by atoms with Crippen molar-refractivity contribution < 1.29 is 9.53 Å². The maximum Gasteiger partial charge on any atom is 0.328 e. The monoisotopic (exact) mass is 161 g/mol. The lowest BCUT2D eigenvalue weighted by atomic mass is 10.7. The zero-order valence-corrected chi connectivity index (χ0v) is 6.15. The van der Waals surface area contributed by atoms with E-state index >= 15 is 0 Å². The van der Waals surface area contributed by atoms with Gasteiger partial charge in [-0.1, -0.05) is 0 Å². The highest BCUT2D eigenvalue weighted by Crippen LogP contribution is 1.79. The molecule has 0 atom stereocenters. The molecule has 6 N–H and O–H groups in total. The van der Waals surface area contributed by atoms with Gasteiger partial charge in [0.1, 0.15) is 0 Å². The summed E-state index contributed by atoms with van der Waals surface area (Å²) in [6.45, 7) is -0.186. The van der Waals surface area contributed by atoms with E-state index in [2.05, 4.69) is 9.84 Å². The Balaban J connectivity index is 3.78. The third-order valence-electron chi connectivity index (χ3n) is 0.763. The van der Waals surface area contributed by atoms with E-state index in [9.17, 15) is 4.79 Å². The molecular weight excluding hydrogens is 150 g/mol. The summed E-state index contributed by atoms with van der Waals surface area (Å²) >= 11 is 0. The number of ether oxygens (including phenoxy) is 1. The highest BCUT2D eigenvalue weighted by Gasteiger charge is 2.03. The second-order valence-electron chi connectivity index (χ2n) is 1.70. The first-order chi connectivity index (χ1) is 5.06. The van der Waals surface area contributed by atoms with Gasteiger partial charge in [-0.2, -0.15) is 0 Å². The Morgan fingerprint density at radius 1 is 1.64 bits per heavy atom. The van der Waals surface area contributed by atoms with Crippen LogP contribution in [0.4, 0.5) is 0 Å². The van der Waals surface area contributed by atoms with Gasteiger partial charge in [0.05, 0.1) is 7.11 Å². The number of guanidine groups is 1. The summed E-state index contributed by atoms with van der Waals surface area (Å²) in [4.78, 5) is 10.5. The number of hydrogen-bond acceptors (Lipinski definition) is 5. The molecule has 0 spiro atoms. The number of nitrogens with zero attached hydrogens (tertiary/aromatic N) is 2. The van der Waals surface area contributed by atoms with Crippen LogP contribution in [-0.4, -0.2) is 30.7 Å². The standard InChI is InChI=1S/C4H11N5O2/c1-11-3(10)2-9(7)8-4(5)6/h2,7H2,1H3,(H4,5,6,8). The van der Waals surface area contributed by atoms with Crippen LogP contribution in [0.1, 0.15) is 0 Å². The second-order valence-corrected chi connectivity index (χ2v) is 1.70. The van der Waals surface area contributed by atoms with E-state index in [0.29, 0.717) is 0 Å². The SMILES string of the molecule is COC(=O)CN(N)N=C(N)N. The van der Waals surface area contributed by atoms with E-state index in [4.69, 9.17) is 17.3 Å². The summed E-state index contributed by atoms with van der Waals surface area (Å²) in [5.74, 6) is 4.41. The molecule has 11 heavy (non-hydrogen) atoms. The summed E-state index contributed by atoms with van der Waals surface area (Å²) in [5, 5.41) is 4.14. The van der Waals surface area contributed by atoms with Gasteiger partial charge in [0, 0.05) is 0 Å². The van der Waals surface area contributed by atoms with Crippen LogP contribution in [0, 0.1) is 0 Å². The molecule has 0 amide bonds. The summed E-state index contributed by atoms with van der Waals surface area (Å²) in [6, 6.07) is 0. The van der Waals surface area contributed by atoms with Gasteiger partial charge in [0.2, 0.25) is 5.96 Å². The Bertz CT molecular complexity index is 164. The maximum absolute atomic E-state index is 10.5. The fraction of sp³-hybridized carbons (Fsp3) is 0.500. The lowest BCUT2D eigenvalue weighted by molar-refractivity contribution is -0.141. The van der Waals surface area contributed by atoms with Gasteiger partial charge in [0.15, 0.2) is 6.54 Å². The predicted molar refractivity (Wildman–Crippen MR) is 38.7 cm³/mol. The molecule has 0 rings (SSSR count). The number of methoxy groups -OCH3 is 1. The number of carbonyl (C=O) groups is 1. The maximum atomic E-state index is 10.5. The molecular formula is C4H11N5O2. The van der Waals surface area contributed by atoms with Crippen LogP contribution in [0.2, 0.25) is 0 Å². The van der Waals surface area contributed by atoms with Gasteiger partial charge >= 0.3 is 5.97 Å². The van der Waals surface area contributed by atoms with Gasteiger partial charge in [-0.25, -0.2) is 11.0 Å². The number of hydrogen-bond donors (Lipinski definition) is 3. The smallest absolute Gasteiger partial charge is 0.328 e. The number of carbonyl (C=O) groups excluding carboxylic acids is 1. The zero-order chi connectivity index (χ0) is 8.85. The molecule has 0 aliphatic heterocycles. The van der Waals surface area contributed by atoms with Crippen molar-refractivity contribution in [2.75, 3.05) is 13.7 Å². The molecule has 0 aliphatic carbocycles. The van der Waals surface area contributed by atoms with Gasteiger partial charge in [-0.15, -0.1) is 5.10 Å². The molecule has 0 heterocycles. The fourth-order valence-corrected chi connectivity index (χ4v) is 0.380. The van der Waals surface area contributed by atoms with Crippen molar-refractivity contribution in [1.29, 1.82) is 0 Å². The molecule has 0 radical (unpaired) electrons. The van der Waals surface area contributed by atoms with Crippen molar-refractivity contribution >= 4 is 11.9 Å². The molecule has 0 fully saturated rings. The van der Waals surface area contributed by atoms with Crippen LogP contribution in [0.5, 0.6) is 0 Å². The van der Waals surface area contributed by atoms with Crippen LogP contribution >= 0.6 is 0 Å². The van der Waals surface area contributed by atoms with Crippen molar-refractivity contribution in [3.63, 3.8) is 0 Å². The minimum absolute atomic E-state index is 0.186. The number of nitrogens with two attached hydrogens (primary N) is 3. The molecule has 0 saturated carbocycles. The van der Waals surface area contributed by atoms with E-state index in [1.807, 2.05) is 0 Å². The van der Waals surface area contributed by atoms with E-state index in [1.165, 1.54) is 7.11 Å². The average Bonchev–Trinajstić information content (AvgIpc) is 1.85. The first-order valence-corrected chi connectivity index (χ1v) is 2.75. The van der Waals surface area contributed by atoms with Crippen molar-refractivity contribution in [1.82, 2.24) is 5.12 Å². The first kappa shape index (κ1) is 9.50. The molecule has 0 unspecified atom stereocenters. The summed E-state index contributed by atoms with van der Waals surface area (Å²) in [7, 11) is 1.24. The number of rotatable bonds is 3. The summed E-state index contributed by atoms with van der Waals surface area (Å²) < 4.78 is 4.29. The van der Waals surface area contributed by atoms with Crippen molar-refractivity contribution in [2.45, 2.75) is 0 Å². The molecule has 0 aromatic rings. The lowest BCUT2D eigenvalue weighted by Gasteiger charge is -2.09. The van der Waals surface area contributed by atoms with Crippen LogP contribution < -0.4 is 17.3 Å². The minimum atomic E-state index is -0.516. The van der Waals surface area contributed by atoms with Crippen molar-refractivity contribution in [3.8, 4) is 0 Å². The Kier molecular flexibility index (Phi) is 3.75. The number of hydrazone groups is 1. The Hall–Kier alpha value is -1.50. The quantitative estimate of drug-likeness (QED) is 0.139. The van der Waals surface area contributed by atoms with Crippen LogP contribution in [0.3, 0.4) is 0 Å². The lowest BCUT2D eigenvalue weighted by Crippen LogP contribution is -2.36. The van der Waals surface area contributed by atoms with Gasteiger partial charge < -0.3 is 16.2 Å². The Labute approximate surface area is 63.7 Å².